The van der Waals surface area contributed by atoms with E-state index in [1.807, 2.05) is 4.57 Å². The van der Waals surface area contributed by atoms with Crippen LogP contribution in [0.3, 0.4) is 0 Å². The van der Waals surface area contributed by atoms with Crippen LogP contribution in [0.5, 0.6) is 0 Å². The summed E-state index contributed by atoms with van der Waals surface area (Å²) >= 11 is 0. The Balaban J connectivity index is 1.40. The van der Waals surface area contributed by atoms with Gasteiger partial charge in [-0.15, -0.1) is 0 Å². The third-order valence-electron chi connectivity index (χ3n) is 6.96. The van der Waals surface area contributed by atoms with Crippen LogP contribution in [-0.4, -0.2) is 52.6 Å². The van der Waals surface area contributed by atoms with E-state index in [-0.39, 0.29) is 17.6 Å². The van der Waals surface area contributed by atoms with Crippen molar-refractivity contribution in [1.29, 1.82) is 0 Å². The summed E-state index contributed by atoms with van der Waals surface area (Å²) < 4.78 is 26.8. The molecule has 2 bridgehead atoms. The van der Waals surface area contributed by atoms with Crippen molar-refractivity contribution in [3.8, 4) is 0 Å². The Morgan fingerprint density at radius 3 is 2.55 bits per heavy atom. The predicted octanol–water partition coefficient (Wildman–Crippen LogP) is 1.99. The SMILES string of the molecule is CS(=O)(=O)N1CCC(Nc2ncc3ccc(=O)n([C@H]4C[C@@H]5CC[C@H]4C5)c3n2)CC1. The van der Waals surface area contributed by atoms with Crippen LogP contribution in [0.15, 0.2) is 23.1 Å². The molecule has 9 heteroatoms. The van der Waals surface area contributed by atoms with Gasteiger partial charge in [0.25, 0.3) is 5.56 Å². The minimum atomic E-state index is -3.14. The lowest BCUT2D eigenvalue weighted by Crippen LogP contribution is -2.42. The van der Waals surface area contributed by atoms with Crippen molar-refractivity contribution in [3.05, 3.63) is 28.7 Å². The average molecular weight is 418 g/mol. The van der Waals surface area contributed by atoms with E-state index in [4.69, 9.17) is 4.98 Å². The van der Waals surface area contributed by atoms with Crippen LogP contribution in [0.25, 0.3) is 11.0 Å². The number of hydrogen-bond donors (Lipinski definition) is 1. The molecule has 156 valence electrons. The molecule has 0 amide bonds. The van der Waals surface area contributed by atoms with Crippen LogP contribution in [0.2, 0.25) is 0 Å². The Hall–Kier alpha value is -2.00. The molecule has 1 N–H and O–H groups in total. The number of pyridine rings is 1. The summed E-state index contributed by atoms with van der Waals surface area (Å²) in [5.74, 6) is 1.83. The smallest absolute Gasteiger partial charge is 0.252 e. The molecule has 0 aromatic carbocycles. The maximum Gasteiger partial charge on any atom is 0.252 e. The molecule has 3 fully saturated rings. The molecule has 0 radical (unpaired) electrons. The molecule has 3 atom stereocenters. The van der Waals surface area contributed by atoms with E-state index < -0.39 is 10.0 Å². The molecular weight excluding hydrogens is 390 g/mol. The van der Waals surface area contributed by atoms with Gasteiger partial charge in [0.2, 0.25) is 16.0 Å². The highest BCUT2D eigenvalue weighted by molar-refractivity contribution is 7.88. The van der Waals surface area contributed by atoms with Crippen LogP contribution >= 0.6 is 0 Å². The molecule has 5 rings (SSSR count). The number of hydrogen-bond acceptors (Lipinski definition) is 6. The highest BCUT2D eigenvalue weighted by Gasteiger charge is 2.41. The van der Waals surface area contributed by atoms with Crippen LogP contribution in [-0.2, 0) is 10.0 Å². The minimum absolute atomic E-state index is 0.0150. The van der Waals surface area contributed by atoms with Gasteiger partial charge < -0.3 is 5.32 Å². The summed E-state index contributed by atoms with van der Waals surface area (Å²) in [6.07, 6.45) is 9.23. The molecule has 2 saturated carbocycles. The summed E-state index contributed by atoms with van der Waals surface area (Å²) in [7, 11) is -3.14. The number of rotatable bonds is 4. The second kappa shape index (κ2) is 7.05. The highest BCUT2D eigenvalue weighted by Crippen LogP contribution is 2.50. The van der Waals surface area contributed by atoms with Gasteiger partial charge in [0.1, 0.15) is 5.65 Å². The number of anilines is 1. The first-order valence-corrected chi connectivity index (χ1v) is 12.3. The molecule has 2 aromatic heterocycles. The first kappa shape index (κ1) is 19.0. The summed E-state index contributed by atoms with van der Waals surface area (Å²) in [4.78, 5) is 21.9. The minimum Gasteiger partial charge on any atom is -0.351 e. The zero-order chi connectivity index (χ0) is 20.2. The normalized spacial score (nSPS) is 28.2. The predicted molar refractivity (Wildman–Crippen MR) is 111 cm³/mol. The lowest BCUT2D eigenvalue weighted by atomic mass is 9.95. The molecule has 3 heterocycles. The quantitative estimate of drug-likeness (QED) is 0.817. The Bertz CT molecular complexity index is 1090. The van der Waals surface area contributed by atoms with Crippen molar-refractivity contribution < 1.29 is 8.42 Å². The zero-order valence-electron chi connectivity index (χ0n) is 16.6. The lowest BCUT2D eigenvalue weighted by molar-refractivity contribution is 0.328. The molecule has 0 spiro atoms. The fourth-order valence-corrected chi connectivity index (χ4v) is 6.34. The van der Waals surface area contributed by atoms with Gasteiger partial charge in [-0.3, -0.25) is 9.36 Å². The van der Waals surface area contributed by atoms with Crippen LogP contribution in [0, 0.1) is 11.8 Å². The number of nitrogens with one attached hydrogen (secondary N) is 1. The van der Waals surface area contributed by atoms with E-state index in [1.54, 1.807) is 18.3 Å². The van der Waals surface area contributed by atoms with E-state index in [0.717, 1.165) is 17.7 Å². The van der Waals surface area contributed by atoms with Crippen molar-refractivity contribution in [3.63, 3.8) is 0 Å². The Labute approximate surface area is 170 Å². The van der Waals surface area contributed by atoms with Crippen molar-refractivity contribution in [2.75, 3.05) is 24.7 Å². The maximum absolute atomic E-state index is 12.7. The van der Waals surface area contributed by atoms with Gasteiger partial charge in [-0.2, -0.15) is 4.98 Å². The fraction of sp³-hybridized carbons (Fsp3) is 0.650. The van der Waals surface area contributed by atoms with Gasteiger partial charge >= 0.3 is 0 Å². The molecule has 8 nitrogen and oxygen atoms in total. The molecule has 2 aliphatic carbocycles. The maximum atomic E-state index is 12.7. The number of fused-ring (bicyclic) bond motifs is 3. The van der Waals surface area contributed by atoms with Crippen molar-refractivity contribution in [2.45, 2.75) is 50.6 Å². The van der Waals surface area contributed by atoms with Gasteiger partial charge in [0.05, 0.1) is 6.26 Å². The molecule has 29 heavy (non-hydrogen) atoms. The third kappa shape index (κ3) is 3.54. The van der Waals surface area contributed by atoms with E-state index in [9.17, 15) is 13.2 Å². The molecule has 2 aromatic rings. The second-order valence-corrected chi connectivity index (χ2v) is 10.8. The number of sulfonamides is 1. The summed E-state index contributed by atoms with van der Waals surface area (Å²) in [6.45, 7) is 1.000. The van der Waals surface area contributed by atoms with Gasteiger partial charge in [0, 0.05) is 42.8 Å². The molecule has 1 aliphatic heterocycles. The van der Waals surface area contributed by atoms with E-state index in [1.165, 1.54) is 29.8 Å². The summed E-state index contributed by atoms with van der Waals surface area (Å²) in [5, 5.41) is 4.24. The van der Waals surface area contributed by atoms with Crippen molar-refractivity contribution >= 4 is 27.0 Å². The standard InChI is InChI=1S/C20H27N5O3S/c1-29(27,28)24-8-6-16(7-9-24)22-20-21-12-15-4-5-18(26)25(19(15)23-20)17-11-13-2-3-14(17)10-13/h4-5,12-14,16-17H,2-3,6-11H2,1H3,(H,21,22,23)/t13-,14+,17+/m1/s1. The monoisotopic (exact) mass is 417 g/mol. The van der Waals surface area contributed by atoms with Crippen LogP contribution in [0.1, 0.15) is 44.6 Å². The molecule has 1 saturated heterocycles. The zero-order valence-corrected chi connectivity index (χ0v) is 17.4. The summed E-state index contributed by atoms with van der Waals surface area (Å²) in [5.41, 5.74) is 0.724. The van der Waals surface area contributed by atoms with Crippen molar-refractivity contribution in [1.82, 2.24) is 18.8 Å². The first-order valence-electron chi connectivity index (χ1n) is 10.5. The number of nitrogens with zero attached hydrogens (tertiary/aromatic N) is 4. The third-order valence-corrected chi connectivity index (χ3v) is 8.26. The number of aromatic nitrogens is 3. The van der Waals surface area contributed by atoms with Crippen LogP contribution < -0.4 is 10.9 Å². The van der Waals surface area contributed by atoms with Gasteiger partial charge in [-0.1, -0.05) is 6.42 Å². The van der Waals surface area contributed by atoms with E-state index in [0.29, 0.717) is 43.4 Å². The van der Waals surface area contributed by atoms with Crippen LogP contribution in [0.4, 0.5) is 5.95 Å². The number of piperidine rings is 1. The molecule has 3 aliphatic rings. The van der Waals surface area contributed by atoms with Gasteiger partial charge in [-0.05, 0) is 50.0 Å². The van der Waals surface area contributed by atoms with E-state index >= 15 is 0 Å². The Morgan fingerprint density at radius 2 is 1.90 bits per heavy atom. The highest BCUT2D eigenvalue weighted by atomic mass is 32.2. The van der Waals surface area contributed by atoms with Gasteiger partial charge in [-0.25, -0.2) is 17.7 Å². The fourth-order valence-electron chi connectivity index (χ4n) is 5.47. The topological polar surface area (TPSA) is 97.2 Å². The second-order valence-electron chi connectivity index (χ2n) is 8.84. The molecule has 0 unspecified atom stereocenters. The van der Waals surface area contributed by atoms with Gasteiger partial charge in [0.15, 0.2) is 0 Å². The summed E-state index contributed by atoms with van der Waals surface area (Å²) in [6, 6.07) is 3.80. The average Bonchev–Trinajstić information content (AvgIpc) is 3.31. The van der Waals surface area contributed by atoms with Crippen molar-refractivity contribution in [2.24, 2.45) is 11.8 Å². The Kier molecular flexibility index (Phi) is 4.62. The van der Waals surface area contributed by atoms with E-state index in [2.05, 4.69) is 10.3 Å². The largest absolute Gasteiger partial charge is 0.351 e. The Morgan fingerprint density at radius 1 is 1.10 bits per heavy atom. The first-order chi connectivity index (χ1) is 13.9. The lowest BCUT2D eigenvalue weighted by Gasteiger charge is -2.30. The molecular formula is C20H27N5O3S.